The van der Waals surface area contributed by atoms with Crippen LogP contribution in [0.3, 0.4) is 0 Å². The molecule has 0 N–H and O–H groups in total. The van der Waals surface area contributed by atoms with E-state index in [0.717, 1.165) is 11.3 Å². The molecule has 0 saturated heterocycles. The minimum Gasteiger partial charge on any atom is -0.497 e. The minimum atomic E-state index is -0.519. The summed E-state index contributed by atoms with van der Waals surface area (Å²) in [6.07, 6.45) is 5.06. The SMILES string of the molecule is COc1ccc(C=CC2=NC(=Cc3cccc(OC)c3OC)C(=O)O2)cc1. The average Bonchev–Trinajstić information content (AvgIpc) is 3.05. The van der Waals surface area contributed by atoms with Crippen LogP contribution in [-0.4, -0.2) is 33.2 Å². The smallest absolute Gasteiger partial charge is 0.363 e. The lowest BCUT2D eigenvalue weighted by molar-refractivity contribution is -0.129. The van der Waals surface area contributed by atoms with Gasteiger partial charge in [0, 0.05) is 11.6 Å². The van der Waals surface area contributed by atoms with Gasteiger partial charge in [0.2, 0.25) is 5.90 Å². The Morgan fingerprint density at radius 1 is 0.926 bits per heavy atom. The molecular weight excluding hydrogens is 346 g/mol. The summed E-state index contributed by atoms with van der Waals surface area (Å²) in [5.41, 5.74) is 1.80. The Hall–Kier alpha value is -3.54. The number of rotatable bonds is 6. The van der Waals surface area contributed by atoms with Crippen LogP contribution in [-0.2, 0) is 9.53 Å². The number of carbonyl (C=O) groups is 1. The summed E-state index contributed by atoms with van der Waals surface area (Å²) in [4.78, 5) is 16.4. The van der Waals surface area contributed by atoms with E-state index in [0.29, 0.717) is 17.1 Å². The normalized spacial score (nSPS) is 15.0. The van der Waals surface area contributed by atoms with E-state index in [4.69, 9.17) is 18.9 Å². The van der Waals surface area contributed by atoms with E-state index in [-0.39, 0.29) is 11.6 Å². The van der Waals surface area contributed by atoms with Crippen molar-refractivity contribution in [1.29, 1.82) is 0 Å². The lowest BCUT2D eigenvalue weighted by Gasteiger charge is -2.09. The number of carbonyl (C=O) groups excluding carboxylic acids is 1. The first-order valence-electron chi connectivity index (χ1n) is 8.20. The maximum absolute atomic E-state index is 12.1. The molecule has 2 aromatic rings. The summed E-state index contributed by atoms with van der Waals surface area (Å²) in [7, 11) is 4.71. The van der Waals surface area contributed by atoms with Gasteiger partial charge in [-0.2, -0.15) is 0 Å². The summed E-state index contributed by atoms with van der Waals surface area (Å²) in [5.74, 6) is 1.58. The Morgan fingerprint density at radius 2 is 1.70 bits per heavy atom. The van der Waals surface area contributed by atoms with Crippen LogP contribution in [0.15, 0.2) is 59.2 Å². The zero-order valence-electron chi connectivity index (χ0n) is 15.3. The highest BCUT2D eigenvalue weighted by Crippen LogP contribution is 2.32. The largest absolute Gasteiger partial charge is 0.497 e. The van der Waals surface area contributed by atoms with Gasteiger partial charge in [-0.1, -0.05) is 24.3 Å². The third kappa shape index (κ3) is 4.17. The highest BCUT2D eigenvalue weighted by Gasteiger charge is 2.22. The summed E-state index contributed by atoms with van der Waals surface area (Å²) >= 11 is 0. The van der Waals surface area contributed by atoms with Gasteiger partial charge >= 0.3 is 5.97 Å². The Balaban J connectivity index is 1.83. The highest BCUT2D eigenvalue weighted by molar-refractivity contribution is 6.11. The first-order chi connectivity index (χ1) is 13.1. The van der Waals surface area contributed by atoms with Gasteiger partial charge < -0.3 is 18.9 Å². The summed E-state index contributed by atoms with van der Waals surface area (Å²) in [6, 6.07) is 12.9. The molecule has 27 heavy (non-hydrogen) atoms. The predicted molar refractivity (Wildman–Crippen MR) is 103 cm³/mol. The van der Waals surface area contributed by atoms with Crippen LogP contribution >= 0.6 is 0 Å². The summed E-state index contributed by atoms with van der Waals surface area (Å²) < 4.78 is 21.0. The van der Waals surface area contributed by atoms with Crippen molar-refractivity contribution in [1.82, 2.24) is 0 Å². The van der Waals surface area contributed by atoms with E-state index in [1.807, 2.05) is 36.4 Å². The van der Waals surface area contributed by atoms with E-state index in [9.17, 15) is 4.79 Å². The van der Waals surface area contributed by atoms with Crippen LogP contribution in [0.25, 0.3) is 12.2 Å². The van der Waals surface area contributed by atoms with Crippen LogP contribution < -0.4 is 14.2 Å². The zero-order valence-corrected chi connectivity index (χ0v) is 15.3. The van der Waals surface area contributed by atoms with Gasteiger partial charge in [-0.25, -0.2) is 9.79 Å². The van der Waals surface area contributed by atoms with Crippen LogP contribution in [0.2, 0.25) is 0 Å². The maximum Gasteiger partial charge on any atom is 0.363 e. The number of ether oxygens (including phenoxy) is 4. The van der Waals surface area contributed by atoms with E-state index in [2.05, 4.69) is 4.99 Å². The van der Waals surface area contributed by atoms with Crippen molar-refractivity contribution in [2.75, 3.05) is 21.3 Å². The number of benzene rings is 2. The molecule has 0 bridgehead atoms. The van der Waals surface area contributed by atoms with Crippen LogP contribution in [0.1, 0.15) is 11.1 Å². The van der Waals surface area contributed by atoms with Crippen molar-refractivity contribution in [3.63, 3.8) is 0 Å². The molecule has 0 fully saturated rings. The van der Waals surface area contributed by atoms with E-state index in [1.165, 1.54) is 0 Å². The standard InChI is InChI=1S/C21H19NO5/c1-24-16-10-7-14(8-11-16)9-12-19-22-17(21(23)27-19)13-15-5-4-6-18(25-2)20(15)26-3/h4-13H,1-3H3. The molecule has 0 amide bonds. The zero-order chi connectivity index (χ0) is 19.2. The third-order valence-corrected chi connectivity index (χ3v) is 3.90. The van der Waals surface area contributed by atoms with Gasteiger partial charge in [0.25, 0.3) is 0 Å². The van der Waals surface area contributed by atoms with Gasteiger partial charge in [-0.05, 0) is 35.9 Å². The molecule has 0 unspecified atom stereocenters. The molecule has 6 heteroatoms. The van der Waals surface area contributed by atoms with Gasteiger partial charge in [-0.15, -0.1) is 0 Å². The first-order valence-corrected chi connectivity index (χ1v) is 8.20. The molecule has 2 aromatic carbocycles. The second kappa shape index (κ2) is 8.23. The van der Waals surface area contributed by atoms with Crippen molar-refractivity contribution in [2.24, 2.45) is 4.99 Å². The quantitative estimate of drug-likeness (QED) is 0.577. The average molecular weight is 365 g/mol. The minimum absolute atomic E-state index is 0.191. The molecule has 6 nitrogen and oxygen atoms in total. The van der Waals surface area contributed by atoms with E-state index in [1.54, 1.807) is 45.6 Å². The molecule has 1 aliphatic heterocycles. The molecule has 0 aliphatic carbocycles. The number of para-hydroxylation sites is 1. The number of hydrogen-bond acceptors (Lipinski definition) is 6. The monoisotopic (exact) mass is 365 g/mol. The predicted octanol–water partition coefficient (Wildman–Crippen LogP) is 3.72. The number of methoxy groups -OCH3 is 3. The molecule has 3 rings (SSSR count). The van der Waals surface area contributed by atoms with Gasteiger partial charge in [0.15, 0.2) is 17.2 Å². The van der Waals surface area contributed by atoms with Crippen molar-refractivity contribution in [3.8, 4) is 17.2 Å². The lowest BCUT2D eigenvalue weighted by atomic mass is 10.1. The molecule has 0 atom stereocenters. The molecule has 138 valence electrons. The second-order valence-electron chi connectivity index (χ2n) is 5.56. The van der Waals surface area contributed by atoms with Gasteiger partial charge in [-0.3, -0.25) is 0 Å². The molecule has 0 aromatic heterocycles. The number of cyclic esters (lactones) is 1. The molecule has 1 heterocycles. The number of aliphatic imine (C=N–C) groups is 1. The topological polar surface area (TPSA) is 66.3 Å². The highest BCUT2D eigenvalue weighted by atomic mass is 16.6. The molecule has 0 saturated carbocycles. The summed E-state index contributed by atoms with van der Waals surface area (Å²) in [6.45, 7) is 0. The second-order valence-corrected chi connectivity index (χ2v) is 5.56. The first kappa shape index (κ1) is 18.3. The van der Waals surface area contributed by atoms with Crippen LogP contribution in [0, 0.1) is 0 Å². The molecule has 0 spiro atoms. The lowest BCUT2D eigenvalue weighted by Crippen LogP contribution is -2.01. The molecular formula is C21H19NO5. The van der Waals surface area contributed by atoms with Crippen molar-refractivity contribution < 1.29 is 23.7 Å². The fourth-order valence-corrected chi connectivity index (χ4v) is 2.55. The molecule has 0 radical (unpaired) electrons. The van der Waals surface area contributed by atoms with Gasteiger partial charge in [0.05, 0.1) is 21.3 Å². The Morgan fingerprint density at radius 3 is 2.37 bits per heavy atom. The Kier molecular flexibility index (Phi) is 5.56. The Bertz CT molecular complexity index is 926. The number of nitrogens with zero attached hydrogens (tertiary/aromatic N) is 1. The Labute approximate surface area is 157 Å². The van der Waals surface area contributed by atoms with Gasteiger partial charge in [0.1, 0.15) is 5.75 Å². The van der Waals surface area contributed by atoms with E-state index >= 15 is 0 Å². The maximum atomic E-state index is 12.1. The summed E-state index contributed by atoms with van der Waals surface area (Å²) in [5, 5.41) is 0. The fourth-order valence-electron chi connectivity index (χ4n) is 2.55. The van der Waals surface area contributed by atoms with Crippen molar-refractivity contribution >= 4 is 24.0 Å². The number of esters is 1. The fraction of sp³-hybridized carbons (Fsp3) is 0.143. The van der Waals surface area contributed by atoms with Crippen molar-refractivity contribution in [3.05, 3.63) is 65.4 Å². The molecule has 1 aliphatic rings. The van der Waals surface area contributed by atoms with Crippen LogP contribution in [0.5, 0.6) is 17.2 Å². The third-order valence-electron chi connectivity index (χ3n) is 3.90. The van der Waals surface area contributed by atoms with E-state index < -0.39 is 5.97 Å². The van der Waals surface area contributed by atoms with Crippen LogP contribution in [0.4, 0.5) is 0 Å². The number of hydrogen-bond donors (Lipinski definition) is 0. The van der Waals surface area contributed by atoms with Crippen molar-refractivity contribution in [2.45, 2.75) is 0 Å².